The van der Waals surface area contributed by atoms with Crippen LogP contribution in [0.2, 0.25) is 0 Å². The number of amides is 2. The molecular weight excluding hydrogens is 521 g/mol. The van der Waals surface area contributed by atoms with Crippen molar-refractivity contribution in [2.45, 2.75) is 44.7 Å². The predicted octanol–water partition coefficient (Wildman–Crippen LogP) is 4.28. The molecule has 0 aromatic heterocycles. The molecule has 0 radical (unpaired) electrons. The van der Waals surface area contributed by atoms with Crippen molar-refractivity contribution in [3.8, 4) is 5.75 Å². The number of rotatable bonds is 12. The van der Waals surface area contributed by atoms with Crippen LogP contribution in [0.3, 0.4) is 0 Å². The predicted molar refractivity (Wildman–Crippen MR) is 148 cm³/mol. The Bertz CT molecular complexity index is 1380. The Morgan fingerprint density at radius 3 is 2.18 bits per heavy atom. The Hall–Kier alpha value is -3.92. The number of hydrogen-bond acceptors (Lipinski definition) is 5. The zero-order valence-electron chi connectivity index (χ0n) is 22.6. The summed E-state index contributed by atoms with van der Waals surface area (Å²) in [5, 5.41) is 2.77. The molecule has 2 amide bonds. The highest BCUT2D eigenvalue weighted by Crippen LogP contribution is 2.26. The summed E-state index contributed by atoms with van der Waals surface area (Å²) in [5.41, 5.74) is 1.88. The molecule has 10 heteroatoms. The first kappa shape index (κ1) is 29.6. The summed E-state index contributed by atoms with van der Waals surface area (Å²) in [6, 6.07) is 17.3. The number of ether oxygens (including phenoxy) is 1. The maximum Gasteiger partial charge on any atom is 0.264 e. The van der Waals surface area contributed by atoms with Gasteiger partial charge in [0.1, 0.15) is 24.2 Å². The second-order valence-electron chi connectivity index (χ2n) is 8.93. The molecule has 0 bridgehead atoms. The van der Waals surface area contributed by atoms with E-state index < -0.39 is 34.3 Å². The number of nitrogens with zero attached hydrogens (tertiary/aromatic N) is 2. The van der Waals surface area contributed by atoms with Crippen LogP contribution in [-0.4, -0.2) is 51.4 Å². The first-order chi connectivity index (χ1) is 18.6. The van der Waals surface area contributed by atoms with Gasteiger partial charge in [-0.3, -0.25) is 13.9 Å². The number of anilines is 1. The van der Waals surface area contributed by atoms with Gasteiger partial charge in [-0.25, -0.2) is 12.8 Å². The maximum absolute atomic E-state index is 13.9. The smallest absolute Gasteiger partial charge is 0.264 e. The number of likely N-dealkylation sites (N-methyl/N-ethyl adjacent to an activating group) is 1. The molecule has 0 aliphatic heterocycles. The third-order valence-corrected chi connectivity index (χ3v) is 8.17. The minimum Gasteiger partial charge on any atom is -0.497 e. The highest BCUT2D eigenvalue weighted by Gasteiger charge is 2.33. The van der Waals surface area contributed by atoms with Crippen molar-refractivity contribution in [2.75, 3.05) is 24.5 Å². The van der Waals surface area contributed by atoms with Gasteiger partial charge >= 0.3 is 0 Å². The van der Waals surface area contributed by atoms with Gasteiger partial charge in [-0.15, -0.1) is 0 Å². The normalized spacial score (nSPS) is 11.9. The average Bonchev–Trinajstić information content (AvgIpc) is 2.93. The minimum absolute atomic E-state index is 0.0679. The third kappa shape index (κ3) is 7.14. The quantitative estimate of drug-likeness (QED) is 0.360. The summed E-state index contributed by atoms with van der Waals surface area (Å²) in [4.78, 5) is 28.3. The Morgan fingerprint density at radius 1 is 0.974 bits per heavy atom. The summed E-state index contributed by atoms with van der Waals surface area (Å²) >= 11 is 0. The van der Waals surface area contributed by atoms with E-state index in [4.69, 9.17) is 4.74 Å². The van der Waals surface area contributed by atoms with E-state index in [1.54, 1.807) is 13.8 Å². The molecule has 1 atom stereocenters. The van der Waals surface area contributed by atoms with Crippen molar-refractivity contribution in [3.63, 3.8) is 0 Å². The molecule has 0 unspecified atom stereocenters. The van der Waals surface area contributed by atoms with Crippen LogP contribution in [0.15, 0.2) is 77.7 Å². The summed E-state index contributed by atoms with van der Waals surface area (Å²) in [5.74, 6) is -0.975. The van der Waals surface area contributed by atoms with E-state index in [2.05, 4.69) is 5.32 Å². The summed E-state index contributed by atoms with van der Waals surface area (Å²) in [6.45, 7) is 5.39. The Morgan fingerprint density at radius 2 is 1.62 bits per heavy atom. The Balaban J connectivity index is 2.06. The van der Waals surface area contributed by atoms with Gasteiger partial charge in [0, 0.05) is 13.1 Å². The number of sulfonamides is 1. The molecule has 0 saturated carbocycles. The van der Waals surface area contributed by atoms with Crippen molar-refractivity contribution in [1.29, 1.82) is 0 Å². The molecule has 0 saturated heterocycles. The number of carbonyl (C=O) groups excluding carboxylic acids is 2. The Kier molecular flexibility index (Phi) is 10.1. The fourth-order valence-electron chi connectivity index (χ4n) is 4.19. The molecule has 39 heavy (non-hydrogen) atoms. The number of halogens is 1. The van der Waals surface area contributed by atoms with Crippen LogP contribution >= 0.6 is 0 Å². The lowest BCUT2D eigenvalue weighted by Crippen LogP contribution is -2.52. The van der Waals surface area contributed by atoms with Crippen molar-refractivity contribution in [3.05, 3.63) is 89.7 Å². The lowest BCUT2D eigenvalue weighted by atomic mass is 10.1. The number of carbonyl (C=O) groups is 2. The van der Waals surface area contributed by atoms with E-state index in [-0.39, 0.29) is 23.0 Å². The van der Waals surface area contributed by atoms with Crippen LogP contribution in [0.4, 0.5) is 10.1 Å². The van der Waals surface area contributed by atoms with Gasteiger partial charge in [0.2, 0.25) is 11.8 Å². The number of hydrogen-bond donors (Lipinski definition) is 1. The second kappa shape index (κ2) is 13.2. The average molecular weight is 556 g/mol. The van der Waals surface area contributed by atoms with Crippen molar-refractivity contribution in [1.82, 2.24) is 10.2 Å². The molecule has 1 N–H and O–H groups in total. The standard InChI is InChI=1S/C29H34FN3O5S/c1-5-27(29(35)31-6-2)32(19-22-10-8-7-9-21(22)3)28(34)20-33(24-13-11-23(30)12-14-24)39(36,37)26-17-15-25(38-4)16-18-26/h7-18,27H,5-6,19-20H2,1-4H3,(H,31,35)/t27-/m0/s1. The maximum atomic E-state index is 13.9. The fourth-order valence-corrected chi connectivity index (χ4v) is 5.61. The van der Waals surface area contributed by atoms with Crippen LogP contribution in [0, 0.1) is 12.7 Å². The number of nitrogens with one attached hydrogen (secondary N) is 1. The fraction of sp³-hybridized carbons (Fsp3) is 0.310. The lowest BCUT2D eigenvalue weighted by molar-refractivity contribution is -0.140. The summed E-state index contributed by atoms with van der Waals surface area (Å²) in [6.07, 6.45) is 0.325. The van der Waals surface area contributed by atoms with Gasteiger partial charge in [0.05, 0.1) is 17.7 Å². The molecule has 0 fully saturated rings. The molecule has 0 aliphatic carbocycles. The van der Waals surface area contributed by atoms with E-state index in [1.807, 2.05) is 31.2 Å². The highest BCUT2D eigenvalue weighted by atomic mass is 32.2. The van der Waals surface area contributed by atoms with E-state index in [0.717, 1.165) is 27.6 Å². The van der Waals surface area contributed by atoms with Crippen molar-refractivity contribution >= 4 is 27.5 Å². The number of benzene rings is 3. The largest absolute Gasteiger partial charge is 0.497 e. The van der Waals surface area contributed by atoms with Gasteiger partial charge in [0.15, 0.2) is 0 Å². The van der Waals surface area contributed by atoms with Crippen molar-refractivity contribution in [2.24, 2.45) is 0 Å². The molecule has 3 aromatic carbocycles. The van der Waals surface area contributed by atoms with Crippen LogP contribution in [-0.2, 0) is 26.2 Å². The van der Waals surface area contributed by atoms with Gasteiger partial charge < -0.3 is 15.0 Å². The zero-order chi connectivity index (χ0) is 28.6. The lowest BCUT2D eigenvalue weighted by Gasteiger charge is -2.33. The molecule has 208 valence electrons. The molecule has 8 nitrogen and oxygen atoms in total. The van der Waals surface area contributed by atoms with E-state index in [1.165, 1.54) is 48.4 Å². The highest BCUT2D eigenvalue weighted by molar-refractivity contribution is 7.92. The molecule has 0 aliphatic rings. The topological polar surface area (TPSA) is 96.0 Å². The van der Waals surface area contributed by atoms with Crippen LogP contribution in [0.1, 0.15) is 31.4 Å². The third-order valence-electron chi connectivity index (χ3n) is 6.38. The molecule has 3 aromatic rings. The first-order valence-electron chi connectivity index (χ1n) is 12.7. The van der Waals surface area contributed by atoms with Gasteiger partial charge in [-0.2, -0.15) is 0 Å². The minimum atomic E-state index is -4.26. The first-order valence-corrected chi connectivity index (χ1v) is 14.1. The van der Waals surface area contributed by atoms with Crippen LogP contribution < -0.4 is 14.4 Å². The van der Waals surface area contributed by atoms with Gasteiger partial charge in [-0.1, -0.05) is 31.2 Å². The summed E-state index contributed by atoms with van der Waals surface area (Å²) in [7, 11) is -2.79. The van der Waals surface area contributed by atoms with Crippen LogP contribution in [0.5, 0.6) is 5.75 Å². The molecule has 0 spiro atoms. The van der Waals surface area contributed by atoms with E-state index in [9.17, 15) is 22.4 Å². The second-order valence-corrected chi connectivity index (χ2v) is 10.8. The monoisotopic (exact) mass is 555 g/mol. The SMILES string of the molecule is CCNC(=O)[C@H](CC)N(Cc1ccccc1C)C(=O)CN(c1ccc(F)cc1)S(=O)(=O)c1ccc(OC)cc1. The number of methoxy groups -OCH3 is 1. The van der Waals surface area contributed by atoms with E-state index >= 15 is 0 Å². The van der Waals surface area contributed by atoms with Gasteiger partial charge in [0.25, 0.3) is 10.0 Å². The molecule has 3 rings (SSSR count). The molecular formula is C29H34FN3O5S. The zero-order valence-corrected chi connectivity index (χ0v) is 23.4. The number of aryl methyl sites for hydroxylation is 1. The van der Waals surface area contributed by atoms with Crippen LogP contribution in [0.25, 0.3) is 0 Å². The van der Waals surface area contributed by atoms with Crippen molar-refractivity contribution < 1.29 is 27.1 Å². The summed E-state index contributed by atoms with van der Waals surface area (Å²) < 4.78 is 47.4. The van der Waals surface area contributed by atoms with Gasteiger partial charge in [-0.05, 0) is 79.9 Å². The Labute approximate surface area is 229 Å². The van der Waals surface area contributed by atoms with E-state index in [0.29, 0.717) is 18.7 Å². The molecule has 0 heterocycles.